The number of hydrogen-bond acceptors (Lipinski definition) is 5. The molecule has 1 amide bonds. The Hall–Kier alpha value is -3.07. The molecule has 9 heteroatoms. The quantitative estimate of drug-likeness (QED) is 0.458. The van der Waals surface area contributed by atoms with Gasteiger partial charge in [0.05, 0.1) is 16.5 Å². The maximum atomic E-state index is 12.5. The zero-order valence-electron chi connectivity index (χ0n) is 17.4. The molecule has 3 rings (SSSR count). The smallest absolute Gasteiger partial charge is 0.262 e. The third-order valence-corrected chi connectivity index (χ3v) is 6.02. The Labute approximate surface area is 192 Å². The monoisotopic (exact) mass is 474 g/mol. The summed E-state index contributed by atoms with van der Waals surface area (Å²) in [5.41, 5.74) is 1.43. The number of nitrogens with one attached hydrogen (secondary N) is 2. The number of amides is 1. The third kappa shape index (κ3) is 6.71. The summed E-state index contributed by atoms with van der Waals surface area (Å²) >= 11 is 6.18. The Balaban J connectivity index is 1.55. The van der Waals surface area contributed by atoms with E-state index in [1.165, 1.54) is 18.2 Å². The molecule has 2 N–H and O–H groups in total. The topological polar surface area (TPSA) is 93.7 Å². The molecule has 0 aliphatic heterocycles. The number of sulfonamides is 1. The van der Waals surface area contributed by atoms with Crippen molar-refractivity contribution in [3.8, 4) is 11.5 Å². The van der Waals surface area contributed by atoms with Crippen LogP contribution in [-0.2, 0) is 21.4 Å². The Morgan fingerprint density at radius 3 is 2.34 bits per heavy atom. The van der Waals surface area contributed by atoms with E-state index in [9.17, 15) is 13.2 Å². The molecule has 0 saturated carbocycles. The van der Waals surface area contributed by atoms with Crippen LogP contribution >= 0.6 is 11.6 Å². The first-order valence-electron chi connectivity index (χ1n) is 9.86. The van der Waals surface area contributed by atoms with Crippen LogP contribution in [0.15, 0.2) is 77.7 Å². The number of halogens is 1. The van der Waals surface area contributed by atoms with E-state index in [-0.39, 0.29) is 34.7 Å². The van der Waals surface area contributed by atoms with Gasteiger partial charge in [0.25, 0.3) is 5.91 Å². The molecule has 168 valence electrons. The van der Waals surface area contributed by atoms with Crippen LogP contribution in [0.4, 0.5) is 5.69 Å². The van der Waals surface area contributed by atoms with E-state index in [1.807, 2.05) is 37.3 Å². The molecule has 3 aromatic rings. The minimum absolute atomic E-state index is 0.00428. The summed E-state index contributed by atoms with van der Waals surface area (Å²) in [5.74, 6) is 0.531. The average molecular weight is 475 g/mol. The number of benzene rings is 3. The first kappa shape index (κ1) is 23.6. The Morgan fingerprint density at radius 2 is 1.69 bits per heavy atom. The van der Waals surface area contributed by atoms with Crippen molar-refractivity contribution >= 4 is 33.2 Å². The lowest BCUT2D eigenvalue weighted by Crippen LogP contribution is -2.23. The van der Waals surface area contributed by atoms with Crippen LogP contribution < -0.4 is 19.5 Å². The molecule has 0 aliphatic carbocycles. The lowest BCUT2D eigenvalue weighted by molar-refractivity contribution is -0.118. The molecule has 0 aliphatic rings. The van der Waals surface area contributed by atoms with Crippen LogP contribution in [0.1, 0.15) is 12.5 Å². The van der Waals surface area contributed by atoms with Crippen molar-refractivity contribution in [3.63, 3.8) is 0 Å². The van der Waals surface area contributed by atoms with E-state index in [0.29, 0.717) is 18.0 Å². The summed E-state index contributed by atoms with van der Waals surface area (Å²) in [7, 11) is -3.76. The van der Waals surface area contributed by atoms with Crippen molar-refractivity contribution in [2.45, 2.75) is 18.4 Å². The SMILES string of the molecule is CCOc1ccc(NC(=O)COc2ccc(S(=O)(=O)NCc3ccccc3)cc2Cl)cc1. The molecule has 0 fully saturated rings. The molecule has 0 aromatic heterocycles. The molecule has 0 bridgehead atoms. The molecule has 0 heterocycles. The number of rotatable bonds is 10. The lowest BCUT2D eigenvalue weighted by atomic mass is 10.2. The van der Waals surface area contributed by atoms with Crippen LogP contribution in [0.2, 0.25) is 5.02 Å². The second kappa shape index (κ2) is 11.0. The van der Waals surface area contributed by atoms with Crippen molar-refractivity contribution in [3.05, 3.63) is 83.4 Å². The zero-order chi connectivity index (χ0) is 23.0. The Morgan fingerprint density at radius 1 is 0.969 bits per heavy atom. The Kier molecular flexibility index (Phi) is 8.10. The highest BCUT2D eigenvalue weighted by molar-refractivity contribution is 7.89. The molecule has 7 nitrogen and oxygen atoms in total. The lowest BCUT2D eigenvalue weighted by Gasteiger charge is -2.11. The Bertz CT molecular complexity index is 1150. The van der Waals surface area contributed by atoms with Gasteiger partial charge in [0.1, 0.15) is 11.5 Å². The number of ether oxygens (including phenoxy) is 2. The van der Waals surface area contributed by atoms with E-state index in [2.05, 4.69) is 10.0 Å². The van der Waals surface area contributed by atoms with Gasteiger partial charge in [-0.3, -0.25) is 4.79 Å². The number of anilines is 1. The fraction of sp³-hybridized carbons (Fsp3) is 0.174. The van der Waals surface area contributed by atoms with Crippen LogP contribution in [-0.4, -0.2) is 27.5 Å². The van der Waals surface area contributed by atoms with Gasteiger partial charge < -0.3 is 14.8 Å². The highest BCUT2D eigenvalue weighted by Gasteiger charge is 2.16. The third-order valence-electron chi connectivity index (χ3n) is 4.33. The minimum Gasteiger partial charge on any atom is -0.494 e. The zero-order valence-corrected chi connectivity index (χ0v) is 18.9. The van der Waals surface area contributed by atoms with Gasteiger partial charge in [0.15, 0.2) is 6.61 Å². The predicted octanol–water partition coefficient (Wildman–Crippen LogP) is 4.23. The van der Waals surface area contributed by atoms with Crippen LogP contribution in [0.25, 0.3) is 0 Å². The van der Waals surface area contributed by atoms with Crippen LogP contribution in [0.3, 0.4) is 0 Å². The summed E-state index contributed by atoms with van der Waals surface area (Å²) in [4.78, 5) is 12.1. The van der Waals surface area contributed by atoms with E-state index in [1.54, 1.807) is 24.3 Å². The molecule has 3 aromatic carbocycles. The van der Waals surface area contributed by atoms with Gasteiger partial charge in [-0.25, -0.2) is 13.1 Å². The van der Waals surface area contributed by atoms with Gasteiger partial charge in [-0.05, 0) is 55.0 Å². The summed E-state index contributed by atoms with van der Waals surface area (Å²) in [6.45, 7) is 2.32. The first-order valence-corrected chi connectivity index (χ1v) is 11.7. The summed E-state index contributed by atoms with van der Waals surface area (Å²) < 4.78 is 38.4. The standard InChI is InChI=1S/C23H23ClN2O5S/c1-2-30-19-10-8-18(9-11-19)26-23(27)16-31-22-13-12-20(14-21(22)24)32(28,29)25-15-17-6-4-3-5-7-17/h3-14,25H,2,15-16H2,1H3,(H,26,27). The maximum absolute atomic E-state index is 12.5. The van der Waals surface area contributed by atoms with Crippen LogP contribution in [0.5, 0.6) is 11.5 Å². The van der Waals surface area contributed by atoms with E-state index in [4.69, 9.17) is 21.1 Å². The van der Waals surface area contributed by atoms with E-state index in [0.717, 1.165) is 5.56 Å². The van der Waals surface area contributed by atoms with Crippen molar-refractivity contribution < 1.29 is 22.7 Å². The predicted molar refractivity (Wildman–Crippen MR) is 124 cm³/mol. The molecular weight excluding hydrogens is 452 g/mol. The van der Waals surface area contributed by atoms with Crippen LogP contribution in [0, 0.1) is 0 Å². The minimum atomic E-state index is -3.76. The first-order chi connectivity index (χ1) is 15.4. The molecule has 32 heavy (non-hydrogen) atoms. The van der Waals surface area contributed by atoms with Gasteiger partial charge in [0.2, 0.25) is 10.0 Å². The fourth-order valence-electron chi connectivity index (χ4n) is 2.76. The van der Waals surface area contributed by atoms with Gasteiger partial charge in [-0.1, -0.05) is 41.9 Å². The second-order valence-corrected chi connectivity index (χ2v) is 8.87. The van der Waals surface area contributed by atoms with Gasteiger partial charge in [-0.2, -0.15) is 0 Å². The van der Waals surface area contributed by atoms with E-state index < -0.39 is 10.0 Å². The van der Waals surface area contributed by atoms with Gasteiger partial charge in [-0.15, -0.1) is 0 Å². The molecule has 0 atom stereocenters. The van der Waals surface area contributed by atoms with Crippen molar-refractivity contribution in [2.75, 3.05) is 18.5 Å². The molecule has 0 saturated heterocycles. The molecule has 0 unspecified atom stereocenters. The van der Waals surface area contributed by atoms with Gasteiger partial charge in [0, 0.05) is 12.2 Å². The number of carbonyl (C=O) groups is 1. The summed E-state index contributed by atoms with van der Waals surface area (Å²) in [6, 6.07) is 20.2. The summed E-state index contributed by atoms with van der Waals surface area (Å²) in [5, 5.41) is 2.79. The highest BCUT2D eigenvalue weighted by Crippen LogP contribution is 2.27. The molecule has 0 radical (unpaired) electrons. The van der Waals surface area contributed by atoms with Crippen molar-refractivity contribution in [2.24, 2.45) is 0 Å². The van der Waals surface area contributed by atoms with E-state index >= 15 is 0 Å². The normalized spacial score (nSPS) is 11.1. The highest BCUT2D eigenvalue weighted by atomic mass is 35.5. The second-order valence-electron chi connectivity index (χ2n) is 6.70. The molecule has 0 spiro atoms. The molecular formula is C23H23ClN2O5S. The van der Waals surface area contributed by atoms with Gasteiger partial charge >= 0.3 is 0 Å². The summed E-state index contributed by atoms with van der Waals surface area (Å²) in [6.07, 6.45) is 0. The maximum Gasteiger partial charge on any atom is 0.262 e. The van der Waals surface area contributed by atoms with Crippen molar-refractivity contribution in [1.29, 1.82) is 0 Å². The fourth-order valence-corrected chi connectivity index (χ4v) is 4.11. The average Bonchev–Trinajstić information content (AvgIpc) is 2.79. The largest absolute Gasteiger partial charge is 0.494 e. The van der Waals surface area contributed by atoms with Crippen molar-refractivity contribution in [1.82, 2.24) is 4.72 Å². The number of carbonyl (C=O) groups excluding carboxylic acids is 1. The number of hydrogen-bond donors (Lipinski definition) is 2.